The van der Waals surface area contributed by atoms with E-state index in [9.17, 15) is 33.1 Å². The summed E-state index contributed by atoms with van der Waals surface area (Å²) in [5.41, 5.74) is -1.27. The maximum Gasteiger partial charge on any atom is 0.490 e. The minimum Gasteiger partial charge on any atom is -0.352 e. The van der Waals surface area contributed by atoms with E-state index in [1.165, 1.54) is 6.20 Å². The van der Waals surface area contributed by atoms with Crippen LogP contribution in [-0.4, -0.2) is 46.3 Å². The Hall–Kier alpha value is -0.950. The molecule has 1 fully saturated rings. The molecule has 1 saturated heterocycles. The van der Waals surface area contributed by atoms with Crippen LogP contribution in [0.1, 0.15) is 19.1 Å². The van der Waals surface area contributed by atoms with Crippen LogP contribution < -0.4 is 11.2 Å². The smallest absolute Gasteiger partial charge is 0.352 e. The molecule has 2 rings (SSSR count). The number of hydrogen-bond donors (Lipinski definition) is 3. The molecule has 0 aliphatic carbocycles. The second kappa shape index (κ2) is 9.46. The third-order valence-electron chi connectivity index (χ3n) is 3.53. The van der Waals surface area contributed by atoms with Gasteiger partial charge in [0, 0.05) is 26.5 Å². The minimum atomic E-state index is -5.37. The zero-order valence-corrected chi connectivity index (χ0v) is 17.8. The molecule has 4 atom stereocenters. The van der Waals surface area contributed by atoms with E-state index in [0.29, 0.717) is 12.8 Å². The highest BCUT2D eigenvalue weighted by Gasteiger charge is 2.43. The Bertz CT molecular complexity index is 965. The Morgan fingerprint density at radius 3 is 2.38 bits per heavy atom. The Morgan fingerprint density at radius 1 is 1.14 bits per heavy atom. The normalized spacial score (nSPS) is 24.1. The van der Waals surface area contributed by atoms with Crippen LogP contribution >= 0.6 is 23.5 Å². The predicted molar refractivity (Wildman–Crippen MR) is 93.9 cm³/mol. The van der Waals surface area contributed by atoms with Gasteiger partial charge in [-0.2, -0.15) is 8.62 Å². The molecule has 3 N–H and O–H groups in total. The first-order chi connectivity index (χ1) is 13.4. The number of aromatic nitrogens is 2. The number of nitrogens with zero attached hydrogens (tertiary/aromatic N) is 1. The fourth-order valence-electron chi connectivity index (χ4n) is 2.28. The van der Waals surface area contributed by atoms with Crippen LogP contribution in [0.2, 0.25) is 0 Å². The first-order valence-corrected chi connectivity index (χ1v) is 12.2. The fourth-order valence-corrected chi connectivity index (χ4v) is 5.95. The van der Waals surface area contributed by atoms with Gasteiger partial charge in [-0.25, -0.2) is 18.5 Å². The lowest BCUT2D eigenvalue weighted by Gasteiger charge is -2.20. The lowest BCUT2D eigenvalue weighted by atomic mass is 10.2. The number of phosphoric acid groups is 3. The van der Waals surface area contributed by atoms with Crippen molar-refractivity contribution in [1.82, 2.24) is 9.55 Å². The van der Waals surface area contributed by atoms with Crippen molar-refractivity contribution in [3.63, 3.8) is 0 Å². The Kier molecular flexibility index (Phi) is 7.93. The number of rotatable bonds is 10. The highest BCUT2D eigenvalue weighted by molar-refractivity contribution is 7.67. The van der Waals surface area contributed by atoms with E-state index < -0.39 is 53.7 Å². The molecule has 18 heteroatoms. The number of phosphoric ester groups is 2. The van der Waals surface area contributed by atoms with E-state index in [1.807, 2.05) is 0 Å². The van der Waals surface area contributed by atoms with Crippen LogP contribution in [0.15, 0.2) is 21.9 Å². The van der Waals surface area contributed by atoms with Crippen molar-refractivity contribution < 1.29 is 50.4 Å². The third kappa shape index (κ3) is 7.06. The van der Waals surface area contributed by atoms with Crippen molar-refractivity contribution in [1.29, 1.82) is 0 Å². The molecule has 0 spiro atoms. The summed E-state index contributed by atoms with van der Waals surface area (Å²) < 4.78 is 63.2. The number of hydrogen-bond acceptors (Lipinski definition) is 11. The van der Waals surface area contributed by atoms with Gasteiger partial charge < -0.3 is 14.5 Å². The Labute approximate surface area is 163 Å². The topological polar surface area (TPSA) is 202 Å². The van der Waals surface area contributed by atoms with Gasteiger partial charge in [-0.05, 0) is 12.8 Å². The molecule has 0 radical (unpaired) electrons. The van der Waals surface area contributed by atoms with Gasteiger partial charge in [-0.15, -0.1) is 0 Å². The van der Waals surface area contributed by atoms with Crippen LogP contribution in [0.5, 0.6) is 0 Å². The molecule has 1 aromatic rings. The second-order valence-corrected chi connectivity index (χ2v) is 10.6. The summed E-state index contributed by atoms with van der Waals surface area (Å²) >= 11 is 0. The van der Waals surface area contributed by atoms with Crippen LogP contribution in [0.3, 0.4) is 0 Å². The maximum atomic E-state index is 11.9. The van der Waals surface area contributed by atoms with Crippen LogP contribution in [0.4, 0.5) is 0 Å². The second-order valence-electron chi connectivity index (χ2n) is 5.52. The summed E-state index contributed by atoms with van der Waals surface area (Å²) in [5, 5.41) is 0. The molecule has 0 saturated carbocycles. The van der Waals surface area contributed by atoms with Crippen molar-refractivity contribution in [2.75, 3.05) is 20.8 Å². The first kappa shape index (κ1) is 24.3. The Morgan fingerprint density at radius 2 is 1.79 bits per heavy atom. The minimum absolute atomic E-state index is 0.298. The molecule has 0 aromatic carbocycles. The average Bonchev–Trinajstić information content (AvgIpc) is 3.07. The molecule has 1 aliphatic rings. The van der Waals surface area contributed by atoms with Crippen LogP contribution in [0, 0.1) is 0 Å². The number of H-pyrrole nitrogens is 1. The standard InChI is InChI=1S/C11H19N2O13P3/c1-21-29(20,22-2)26-28(18,19)25-27(16,17)23-7-8-3-4-10(24-8)13-6-5-9(14)12-11(13)15/h5-6,8,10H,3-4,7H2,1-2H3,(H,16,17)(H,18,19)(H,12,14,15). The zero-order chi connectivity index (χ0) is 21.9. The number of ether oxygens (including phenoxy) is 1. The maximum absolute atomic E-state index is 11.9. The van der Waals surface area contributed by atoms with Crippen LogP contribution in [0.25, 0.3) is 0 Å². The molecular formula is C11H19N2O13P3. The van der Waals surface area contributed by atoms with Crippen molar-refractivity contribution in [3.8, 4) is 0 Å². The average molecular weight is 480 g/mol. The summed E-state index contributed by atoms with van der Waals surface area (Å²) in [4.78, 5) is 43.9. The fraction of sp³-hybridized carbons (Fsp3) is 0.636. The third-order valence-corrected chi connectivity index (χ3v) is 8.17. The van der Waals surface area contributed by atoms with E-state index in [4.69, 9.17) is 4.74 Å². The lowest BCUT2D eigenvalue weighted by molar-refractivity contribution is -0.0243. The summed E-state index contributed by atoms with van der Waals surface area (Å²) in [6.07, 6.45) is 0.326. The zero-order valence-electron chi connectivity index (χ0n) is 15.1. The number of nitrogens with one attached hydrogen (secondary N) is 1. The lowest BCUT2D eigenvalue weighted by Crippen LogP contribution is -2.31. The first-order valence-electron chi connectivity index (χ1n) is 7.80. The van der Waals surface area contributed by atoms with Crippen molar-refractivity contribution >= 4 is 23.5 Å². The number of aromatic amines is 1. The monoisotopic (exact) mass is 480 g/mol. The van der Waals surface area contributed by atoms with E-state index in [2.05, 4.69) is 27.2 Å². The summed E-state index contributed by atoms with van der Waals surface area (Å²) in [5.74, 6) is 0. The van der Waals surface area contributed by atoms with E-state index in [-0.39, 0.29) is 0 Å². The summed E-state index contributed by atoms with van der Waals surface area (Å²) in [6, 6.07) is 1.13. The van der Waals surface area contributed by atoms with Crippen molar-refractivity contribution in [2.24, 2.45) is 0 Å². The van der Waals surface area contributed by atoms with Gasteiger partial charge in [0.1, 0.15) is 6.23 Å². The highest BCUT2D eigenvalue weighted by atomic mass is 31.3. The van der Waals surface area contributed by atoms with Crippen molar-refractivity contribution in [2.45, 2.75) is 25.2 Å². The molecule has 166 valence electrons. The van der Waals surface area contributed by atoms with Gasteiger partial charge in [0.2, 0.25) is 0 Å². The van der Waals surface area contributed by atoms with Gasteiger partial charge in [0.15, 0.2) is 0 Å². The van der Waals surface area contributed by atoms with Gasteiger partial charge in [0.25, 0.3) is 5.56 Å². The quantitative estimate of drug-likeness (QED) is 0.398. The SMILES string of the molecule is COP(=O)(OC)OP(=O)(O)OP(=O)(O)OCC1CCC(n2ccc(=O)[nH]c2=O)O1. The van der Waals surface area contributed by atoms with Gasteiger partial charge >= 0.3 is 29.2 Å². The van der Waals surface area contributed by atoms with Gasteiger partial charge in [0.05, 0.1) is 12.7 Å². The summed E-state index contributed by atoms with van der Waals surface area (Å²) in [7, 11) is -13.3. The van der Waals surface area contributed by atoms with Crippen LogP contribution in [-0.2, 0) is 40.6 Å². The van der Waals surface area contributed by atoms with Gasteiger partial charge in [-0.1, -0.05) is 0 Å². The molecule has 0 amide bonds. The molecule has 4 unspecified atom stereocenters. The van der Waals surface area contributed by atoms with Crippen molar-refractivity contribution in [3.05, 3.63) is 33.1 Å². The van der Waals surface area contributed by atoms with E-state index in [0.717, 1.165) is 24.9 Å². The predicted octanol–water partition coefficient (Wildman–Crippen LogP) is 0.866. The molecule has 2 heterocycles. The molecule has 1 aliphatic heterocycles. The summed E-state index contributed by atoms with van der Waals surface area (Å²) in [6.45, 7) is -0.547. The molecule has 29 heavy (non-hydrogen) atoms. The largest absolute Gasteiger partial charge is 0.490 e. The van der Waals surface area contributed by atoms with E-state index in [1.54, 1.807) is 0 Å². The molecule has 0 bridgehead atoms. The molecule has 1 aromatic heterocycles. The highest BCUT2D eigenvalue weighted by Crippen LogP contribution is 2.68. The van der Waals surface area contributed by atoms with E-state index >= 15 is 0 Å². The molecule has 15 nitrogen and oxygen atoms in total. The Balaban J connectivity index is 1.93. The van der Waals surface area contributed by atoms with Gasteiger partial charge in [-0.3, -0.25) is 27.9 Å². The molecular weight excluding hydrogens is 461 g/mol.